The predicted molar refractivity (Wildman–Crippen MR) is 113 cm³/mol. The van der Waals surface area contributed by atoms with Gasteiger partial charge in [-0.25, -0.2) is 0 Å². The molecule has 0 bridgehead atoms. The first-order valence-electron chi connectivity index (χ1n) is 10.0. The van der Waals surface area contributed by atoms with E-state index in [2.05, 4.69) is 51.6 Å². The van der Waals surface area contributed by atoms with Crippen LogP contribution in [0.5, 0.6) is 0 Å². The highest BCUT2D eigenvalue weighted by Gasteiger charge is 2.35. The minimum Gasteiger partial charge on any atom is -0.383 e. The van der Waals surface area contributed by atoms with Crippen LogP contribution >= 0.6 is 0 Å². The van der Waals surface area contributed by atoms with Crippen LogP contribution in [0.2, 0.25) is 0 Å². The average Bonchev–Trinajstić information content (AvgIpc) is 3.50. The summed E-state index contributed by atoms with van der Waals surface area (Å²) in [5.41, 5.74) is 5.37. The second-order valence-corrected chi connectivity index (χ2v) is 7.80. The van der Waals surface area contributed by atoms with Gasteiger partial charge in [0.2, 0.25) is 5.91 Å². The summed E-state index contributed by atoms with van der Waals surface area (Å²) in [7, 11) is 1.73. The monoisotopic (exact) mass is 375 g/mol. The summed E-state index contributed by atoms with van der Waals surface area (Å²) < 4.78 is 7.68. The maximum atomic E-state index is 12.4. The van der Waals surface area contributed by atoms with E-state index in [4.69, 9.17) is 4.74 Å². The van der Waals surface area contributed by atoms with Gasteiger partial charge in [-0.2, -0.15) is 0 Å². The van der Waals surface area contributed by atoms with Gasteiger partial charge in [0.05, 0.1) is 23.7 Å². The molecule has 5 nitrogen and oxygen atoms in total. The van der Waals surface area contributed by atoms with Gasteiger partial charge >= 0.3 is 0 Å². The summed E-state index contributed by atoms with van der Waals surface area (Å²) in [4.78, 5) is 12.4. The number of nitrogens with one attached hydrogen (secondary N) is 2. The molecule has 1 amide bonds. The van der Waals surface area contributed by atoms with Gasteiger partial charge in [-0.15, -0.1) is 0 Å². The molecule has 2 N–H and O–H groups in total. The molecule has 2 aromatic carbocycles. The van der Waals surface area contributed by atoms with Gasteiger partial charge in [-0.3, -0.25) is 4.79 Å². The molecule has 1 aliphatic heterocycles. The smallest absolute Gasteiger partial charge is 0.226 e. The Kier molecular flexibility index (Phi) is 4.32. The Labute approximate surface area is 164 Å². The number of para-hydroxylation sites is 2. The van der Waals surface area contributed by atoms with Gasteiger partial charge < -0.3 is 19.9 Å². The quantitative estimate of drug-likeness (QED) is 0.691. The molecule has 144 valence electrons. The first-order valence-corrected chi connectivity index (χ1v) is 10.0. The highest BCUT2D eigenvalue weighted by molar-refractivity contribution is 6.01. The van der Waals surface area contributed by atoms with E-state index in [1.54, 1.807) is 7.11 Å². The van der Waals surface area contributed by atoms with Crippen molar-refractivity contribution in [1.82, 2.24) is 4.57 Å². The molecule has 0 radical (unpaired) electrons. The third-order valence-corrected chi connectivity index (χ3v) is 5.87. The van der Waals surface area contributed by atoms with Crippen molar-refractivity contribution in [2.75, 3.05) is 24.4 Å². The van der Waals surface area contributed by atoms with Crippen LogP contribution in [0.25, 0.3) is 22.2 Å². The van der Waals surface area contributed by atoms with Gasteiger partial charge in [-0.05, 0) is 37.0 Å². The van der Waals surface area contributed by atoms with E-state index in [1.807, 2.05) is 12.1 Å². The Bertz CT molecular complexity index is 1040. The second kappa shape index (κ2) is 6.99. The van der Waals surface area contributed by atoms with Crippen LogP contribution in [0.4, 0.5) is 11.4 Å². The van der Waals surface area contributed by atoms with Crippen LogP contribution in [-0.2, 0) is 16.1 Å². The van der Waals surface area contributed by atoms with E-state index < -0.39 is 0 Å². The van der Waals surface area contributed by atoms with Crippen molar-refractivity contribution in [2.24, 2.45) is 5.92 Å². The molecule has 1 unspecified atom stereocenters. The number of rotatable bonds is 5. The SMILES string of the molecule is COCCn1c(-c2cccc3c2NC(C2CC2)CC(=O)N3)cc2ccccc21. The standard InChI is InChI=1S/C23H25N3O2/c1-28-12-11-26-20-8-3-2-5-16(20)13-21(26)17-6-4-7-18-23(17)25-19(15-9-10-15)14-22(27)24-18/h2-8,13,15,19,25H,9-12,14H2,1H3,(H,24,27). The number of hydrogen-bond acceptors (Lipinski definition) is 3. The van der Waals surface area contributed by atoms with Crippen molar-refractivity contribution in [3.05, 3.63) is 48.5 Å². The van der Waals surface area contributed by atoms with E-state index in [0.717, 1.165) is 29.2 Å². The summed E-state index contributed by atoms with van der Waals surface area (Å²) >= 11 is 0. The van der Waals surface area contributed by atoms with Crippen molar-refractivity contribution >= 4 is 28.2 Å². The zero-order chi connectivity index (χ0) is 19.1. The van der Waals surface area contributed by atoms with Crippen LogP contribution in [0, 0.1) is 5.92 Å². The zero-order valence-electron chi connectivity index (χ0n) is 16.1. The number of carbonyl (C=O) groups is 1. The van der Waals surface area contributed by atoms with E-state index in [9.17, 15) is 4.79 Å². The number of hydrogen-bond donors (Lipinski definition) is 2. The second-order valence-electron chi connectivity index (χ2n) is 7.80. The lowest BCUT2D eigenvalue weighted by Gasteiger charge is -2.20. The first-order chi connectivity index (χ1) is 13.7. The highest BCUT2D eigenvalue weighted by atomic mass is 16.5. The lowest BCUT2D eigenvalue weighted by atomic mass is 10.1. The zero-order valence-corrected chi connectivity index (χ0v) is 16.1. The van der Waals surface area contributed by atoms with E-state index in [1.165, 1.54) is 23.7 Å². The van der Waals surface area contributed by atoms with Gasteiger partial charge in [0, 0.05) is 42.6 Å². The molecule has 1 aliphatic carbocycles. The number of amides is 1. The van der Waals surface area contributed by atoms with Gasteiger partial charge in [0.15, 0.2) is 0 Å². The number of carbonyl (C=O) groups excluding carboxylic acids is 1. The van der Waals surface area contributed by atoms with E-state index >= 15 is 0 Å². The van der Waals surface area contributed by atoms with Crippen LogP contribution in [0.15, 0.2) is 48.5 Å². The molecule has 1 saturated carbocycles. The fourth-order valence-electron chi connectivity index (χ4n) is 4.30. The number of aromatic nitrogens is 1. The minimum atomic E-state index is 0.0974. The Morgan fingerprint density at radius 3 is 2.82 bits per heavy atom. The third-order valence-electron chi connectivity index (χ3n) is 5.87. The van der Waals surface area contributed by atoms with Crippen molar-refractivity contribution in [3.63, 3.8) is 0 Å². The molecule has 1 atom stereocenters. The van der Waals surface area contributed by atoms with Gasteiger partial charge in [0.25, 0.3) is 0 Å². The Morgan fingerprint density at radius 1 is 1.14 bits per heavy atom. The fourth-order valence-corrected chi connectivity index (χ4v) is 4.30. The molecule has 0 saturated heterocycles. The van der Waals surface area contributed by atoms with Crippen molar-refractivity contribution in [3.8, 4) is 11.3 Å². The topological polar surface area (TPSA) is 55.3 Å². The van der Waals surface area contributed by atoms with Crippen LogP contribution < -0.4 is 10.6 Å². The number of methoxy groups -OCH3 is 1. The summed E-state index contributed by atoms with van der Waals surface area (Å²) in [5, 5.41) is 8.04. The molecule has 3 aromatic rings. The molecule has 2 aliphatic rings. The molecule has 28 heavy (non-hydrogen) atoms. The summed E-state index contributed by atoms with van der Waals surface area (Å²) in [6.07, 6.45) is 2.94. The maximum Gasteiger partial charge on any atom is 0.226 e. The highest BCUT2D eigenvalue weighted by Crippen LogP contribution is 2.43. The van der Waals surface area contributed by atoms with Gasteiger partial charge in [-0.1, -0.05) is 30.3 Å². The van der Waals surface area contributed by atoms with Crippen LogP contribution in [-0.4, -0.2) is 30.2 Å². The summed E-state index contributed by atoms with van der Waals surface area (Å²) in [5.74, 6) is 0.698. The largest absolute Gasteiger partial charge is 0.383 e. The molecule has 2 heterocycles. The van der Waals surface area contributed by atoms with Crippen molar-refractivity contribution in [2.45, 2.75) is 31.8 Å². The Morgan fingerprint density at radius 2 is 2.00 bits per heavy atom. The lowest BCUT2D eigenvalue weighted by molar-refractivity contribution is -0.116. The minimum absolute atomic E-state index is 0.0974. The van der Waals surface area contributed by atoms with Crippen LogP contribution in [0.1, 0.15) is 19.3 Å². The van der Waals surface area contributed by atoms with Crippen molar-refractivity contribution in [1.29, 1.82) is 0 Å². The number of anilines is 2. The number of benzene rings is 2. The maximum absolute atomic E-state index is 12.4. The molecular weight excluding hydrogens is 350 g/mol. The summed E-state index contributed by atoms with van der Waals surface area (Å²) in [6, 6.07) is 17.0. The molecular formula is C23H25N3O2. The van der Waals surface area contributed by atoms with E-state index in [-0.39, 0.29) is 11.9 Å². The molecule has 1 aromatic heterocycles. The molecule has 5 rings (SSSR count). The first kappa shape index (κ1) is 17.3. The lowest BCUT2D eigenvalue weighted by Crippen LogP contribution is -2.24. The fraction of sp³-hybridized carbons (Fsp3) is 0.348. The van der Waals surface area contributed by atoms with Crippen LogP contribution in [0.3, 0.4) is 0 Å². The summed E-state index contributed by atoms with van der Waals surface area (Å²) in [6.45, 7) is 1.43. The number of ether oxygens (including phenoxy) is 1. The average molecular weight is 375 g/mol. The Hall–Kier alpha value is -2.79. The predicted octanol–water partition coefficient (Wildman–Crippen LogP) is 4.49. The normalized spacial score (nSPS) is 19.0. The number of nitrogens with zero attached hydrogens (tertiary/aromatic N) is 1. The third kappa shape index (κ3) is 3.06. The Balaban J connectivity index is 1.66. The molecule has 5 heteroatoms. The van der Waals surface area contributed by atoms with Gasteiger partial charge in [0.1, 0.15) is 0 Å². The number of fused-ring (bicyclic) bond motifs is 2. The van der Waals surface area contributed by atoms with Crippen molar-refractivity contribution < 1.29 is 9.53 Å². The molecule has 1 fully saturated rings. The molecule has 0 spiro atoms. The van der Waals surface area contributed by atoms with E-state index in [0.29, 0.717) is 18.9 Å².